The number of benzene rings is 2. The highest BCUT2D eigenvalue weighted by Crippen LogP contribution is 2.19. The first-order valence-corrected chi connectivity index (χ1v) is 10.2. The molecule has 1 heterocycles. The molecule has 0 saturated carbocycles. The highest BCUT2D eigenvalue weighted by Gasteiger charge is 2.19. The van der Waals surface area contributed by atoms with E-state index in [2.05, 4.69) is 10.4 Å². The van der Waals surface area contributed by atoms with Gasteiger partial charge >= 0.3 is 0 Å². The lowest BCUT2D eigenvalue weighted by Crippen LogP contribution is -2.38. The molecular weight excluding hydrogens is 418 g/mol. The predicted molar refractivity (Wildman–Crippen MR) is 119 cm³/mol. The van der Waals surface area contributed by atoms with Crippen molar-refractivity contribution in [2.45, 2.75) is 32.9 Å². The summed E-state index contributed by atoms with van der Waals surface area (Å²) in [7, 11) is 1.60. The molecule has 0 spiro atoms. The van der Waals surface area contributed by atoms with Gasteiger partial charge in [-0.15, -0.1) is 5.10 Å². The van der Waals surface area contributed by atoms with Crippen LogP contribution in [0.2, 0.25) is 5.02 Å². The molecule has 1 atom stereocenters. The Hall–Kier alpha value is -3.32. The van der Waals surface area contributed by atoms with Crippen molar-refractivity contribution < 1.29 is 14.3 Å². The first kappa shape index (κ1) is 22.4. The van der Waals surface area contributed by atoms with Gasteiger partial charge in [-0.2, -0.15) is 4.68 Å². The highest BCUT2D eigenvalue weighted by atomic mass is 35.5. The molecule has 31 heavy (non-hydrogen) atoms. The maximum absolute atomic E-state index is 12.6. The molecular formula is C23H24ClN3O4. The Bertz CT molecular complexity index is 1110. The smallest absolute Gasteiger partial charge is 0.271 e. The van der Waals surface area contributed by atoms with E-state index in [1.807, 2.05) is 38.1 Å². The fraction of sp³-hybridized carbons (Fsp3) is 0.261. The zero-order valence-corrected chi connectivity index (χ0v) is 18.3. The zero-order valence-electron chi connectivity index (χ0n) is 17.6. The van der Waals surface area contributed by atoms with Crippen LogP contribution in [0.5, 0.6) is 11.6 Å². The lowest BCUT2D eigenvalue weighted by molar-refractivity contribution is -0.128. The number of ether oxygens (including phenoxy) is 2. The van der Waals surface area contributed by atoms with Crippen LogP contribution in [0.3, 0.4) is 0 Å². The summed E-state index contributed by atoms with van der Waals surface area (Å²) in [6, 6.07) is 15.4. The second-order valence-corrected chi connectivity index (χ2v) is 7.37. The molecule has 0 aliphatic heterocycles. The van der Waals surface area contributed by atoms with Gasteiger partial charge in [0.15, 0.2) is 6.10 Å². The fourth-order valence-corrected chi connectivity index (χ4v) is 3.12. The monoisotopic (exact) mass is 441 g/mol. The summed E-state index contributed by atoms with van der Waals surface area (Å²) in [4.78, 5) is 25.0. The van der Waals surface area contributed by atoms with E-state index in [4.69, 9.17) is 21.1 Å². The van der Waals surface area contributed by atoms with Gasteiger partial charge in [-0.05, 0) is 48.7 Å². The van der Waals surface area contributed by atoms with Crippen molar-refractivity contribution in [2.24, 2.45) is 0 Å². The molecule has 162 valence electrons. The van der Waals surface area contributed by atoms with Gasteiger partial charge in [0.05, 0.1) is 12.8 Å². The number of amides is 1. The molecule has 0 radical (unpaired) electrons. The number of carbonyl (C=O) groups is 1. The Morgan fingerprint density at radius 2 is 1.90 bits per heavy atom. The molecule has 2 aromatic carbocycles. The van der Waals surface area contributed by atoms with E-state index < -0.39 is 6.10 Å². The normalized spacial score (nSPS) is 11.6. The van der Waals surface area contributed by atoms with Crippen molar-refractivity contribution >= 4 is 17.5 Å². The molecule has 0 fully saturated rings. The van der Waals surface area contributed by atoms with Gasteiger partial charge in [0.1, 0.15) is 5.75 Å². The molecule has 7 nitrogen and oxygen atoms in total. The van der Waals surface area contributed by atoms with Crippen molar-refractivity contribution in [3.63, 3.8) is 0 Å². The van der Waals surface area contributed by atoms with Crippen LogP contribution < -0.4 is 20.3 Å². The minimum absolute atomic E-state index is 0.172. The summed E-state index contributed by atoms with van der Waals surface area (Å²) >= 11 is 6.08. The van der Waals surface area contributed by atoms with Gasteiger partial charge in [-0.3, -0.25) is 9.59 Å². The van der Waals surface area contributed by atoms with Gasteiger partial charge in [-0.25, -0.2) is 0 Å². The van der Waals surface area contributed by atoms with E-state index in [1.165, 1.54) is 16.8 Å². The maximum atomic E-state index is 12.6. The number of nitrogens with zero attached hydrogens (tertiary/aromatic N) is 2. The zero-order chi connectivity index (χ0) is 22.4. The summed E-state index contributed by atoms with van der Waals surface area (Å²) in [5, 5.41) is 7.64. The number of methoxy groups -OCH3 is 1. The number of carbonyl (C=O) groups excluding carboxylic acids is 1. The number of halogens is 1. The molecule has 3 rings (SSSR count). The molecule has 3 aromatic rings. The van der Waals surface area contributed by atoms with Crippen LogP contribution in [0.15, 0.2) is 59.4 Å². The summed E-state index contributed by atoms with van der Waals surface area (Å²) in [5.74, 6) is 0.656. The summed E-state index contributed by atoms with van der Waals surface area (Å²) in [5.41, 5.74) is 2.00. The van der Waals surface area contributed by atoms with E-state index in [1.54, 1.807) is 25.3 Å². The summed E-state index contributed by atoms with van der Waals surface area (Å²) < 4.78 is 12.2. The van der Waals surface area contributed by atoms with Crippen molar-refractivity contribution in [2.75, 3.05) is 7.11 Å². The van der Waals surface area contributed by atoms with E-state index in [0.717, 1.165) is 16.9 Å². The Kier molecular flexibility index (Phi) is 7.31. The number of rotatable bonds is 8. The van der Waals surface area contributed by atoms with Gasteiger partial charge in [0.25, 0.3) is 11.5 Å². The summed E-state index contributed by atoms with van der Waals surface area (Å²) in [6.45, 7) is 4.06. The Labute approximate surface area is 185 Å². The van der Waals surface area contributed by atoms with Gasteiger partial charge < -0.3 is 14.8 Å². The second kappa shape index (κ2) is 10.1. The average Bonchev–Trinajstić information content (AvgIpc) is 2.79. The first-order chi connectivity index (χ1) is 14.9. The minimum Gasteiger partial charge on any atom is -0.497 e. The first-order valence-electron chi connectivity index (χ1n) is 9.85. The number of nitrogens with one attached hydrogen (secondary N) is 1. The number of aryl methyl sites for hydroxylation is 1. The quantitative estimate of drug-likeness (QED) is 0.576. The Morgan fingerprint density at radius 3 is 2.58 bits per heavy atom. The standard InChI is InChI=1S/C23H24ClN3O4/c1-4-20(23(29)25-14-16-6-9-18(30-3)10-7-16)31-21-11-12-22(28)27(26-21)19-13-17(24)8-5-15(19)2/h5-13,20H,4,14H2,1-3H3,(H,25,29)/t20-/m1/s1. The van der Waals surface area contributed by atoms with Gasteiger partial charge in [0, 0.05) is 23.7 Å². The molecule has 0 aliphatic rings. The van der Waals surface area contributed by atoms with E-state index in [9.17, 15) is 9.59 Å². The van der Waals surface area contributed by atoms with Crippen LogP contribution in [0, 0.1) is 6.92 Å². The van der Waals surface area contributed by atoms with E-state index in [0.29, 0.717) is 23.7 Å². The average molecular weight is 442 g/mol. The molecule has 0 aliphatic carbocycles. The second-order valence-electron chi connectivity index (χ2n) is 6.93. The fourth-order valence-electron chi connectivity index (χ4n) is 2.95. The molecule has 1 amide bonds. The molecule has 0 unspecified atom stereocenters. The largest absolute Gasteiger partial charge is 0.497 e. The minimum atomic E-state index is -0.753. The van der Waals surface area contributed by atoms with Gasteiger partial charge in [-0.1, -0.05) is 36.7 Å². The SMILES string of the molecule is CC[C@@H](Oc1ccc(=O)n(-c2cc(Cl)ccc2C)n1)C(=O)NCc1ccc(OC)cc1. The summed E-state index contributed by atoms with van der Waals surface area (Å²) in [6.07, 6.45) is -0.317. The van der Waals surface area contributed by atoms with Crippen LogP contribution in [-0.2, 0) is 11.3 Å². The Morgan fingerprint density at radius 1 is 1.16 bits per heavy atom. The Balaban J connectivity index is 1.72. The number of hydrogen-bond donors (Lipinski definition) is 1. The molecule has 0 saturated heterocycles. The van der Waals surface area contributed by atoms with Crippen LogP contribution in [0.1, 0.15) is 24.5 Å². The third kappa shape index (κ3) is 5.64. The van der Waals surface area contributed by atoms with E-state index in [-0.39, 0.29) is 17.3 Å². The molecule has 1 N–H and O–H groups in total. The van der Waals surface area contributed by atoms with Crippen LogP contribution >= 0.6 is 11.6 Å². The van der Waals surface area contributed by atoms with Crippen molar-refractivity contribution in [1.82, 2.24) is 15.1 Å². The molecule has 8 heteroatoms. The third-order valence-electron chi connectivity index (χ3n) is 4.73. The lowest BCUT2D eigenvalue weighted by Gasteiger charge is -2.17. The number of aromatic nitrogens is 2. The maximum Gasteiger partial charge on any atom is 0.271 e. The molecule has 1 aromatic heterocycles. The topological polar surface area (TPSA) is 82.5 Å². The van der Waals surface area contributed by atoms with E-state index >= 15 is 0 Å². The van der Waals surface area contributed by atoms with Crippen LogP contribution in [0.25, 0.3) is 5.69 Å². The van der Waals surface area contributed by atoms with Crippen molar-refractivity contribution in [3.8, 4) is 17.3 Å². The molecule has 0 bridgehead atoms. The van der Waals surface area contributed by atoms with Crippen molar-refractivity contribution in [1.29, 1.82) is 0 Å². The van der Waals surface area contributed by atoms with Crippen LogP contribution in [-0.4, -0.2) is 28.9 Å². The third-order valence-corrected chi connectivity index (χ3v) is 4.96. The van der Waals surface area contributed by atoms with Crippen LogP contribution in [0.4, 0.5) is 0 Å². The number of hydrogen-bond acceptors (Lipinski definition) is 5. The van der Waals surface area contributed by atoms with Crippen molar-refractivity contribution in [3.05, 3.63) is 81.1 Å². The predicted octanol–water partition coefficient (Wildman–Crippen LogP) is 3.68. The van der Waals surface area contributed by atoms with Gasteiger partial charge in [0.2, 0.25) is 5.88 Å². The highest BCUT2D eigenvalue weighted by molar-refractivity contribution is 6.30. The lowest BCUT2D eigenvalue weighted by atomic mass is 10.2.